The Morgan fingerprint density at radius 1 is 1.03 bits per heavy atom. The Labute approximate surface area is 196 Å². The third-order valence-corrected chi connectivity index (χ3v) is 6.85. The fraction of sp³-hybridized carbons (Fsp3) is 0.231. The average molecular weight is 460 g/mol. The van der Waals surface area contributed by atoms with Gasteiger partial charge in [-0.05, 0) is 60.7 Å². The number of aliphatic carboxylic acids is 1. The number of carbonyl (C=O) groups is 1. The molecule has 4 rings (SSSR count). The fourth-order valence-corrected chi connectivity index (χ4v) is 4.58. The van der Waals surface area contributed by atoms with Crippen LogP contribution in [0.3, 0.4) is 0 Å². The molecular formula is C26H25N3O3S. The lowest BCUT2D eigenvalue weighted by molar-refractivity contribution is -0.136. The Hall–Kier alpha value is -3.45. The quantitative estimate of drug-likeness (QED) is 0.375. The molecule has 6 nitrogen and oxygen atoms in total. The third-order valence-electron chi connectivity index (χ3n) is 5.58. The zero-order chi connectivity index (χ0) is 23.4. The number of rotatable bonds is 8. The fourth-order valence-electron chi connectivity index (χ4n) is 3.63. The van der Waals surface area contributed by atoms with Crippen LogP contribution in [0, 0.1) is 6.92 Å². The molecule has 0 fully saturated rings. The van der Waals surface area contributed by atoms with Gasteiger partial charge in [-0.25, -0.2) is 4.68 Å². The van der Waals surface area contributed by atoms with Gasteiger partial charge in [0.2, 0.25) is 0 Å². The summed E-state index contributed by atoms with van der Waals surface area (Å²) in [4.78, 5) is 25.5. The van der Waals surface area contributed by atoms with Crippen molar-refractivity contribution in [3.8, 4) is 11.1 Å². The zero-order valence-electron chi connectivity index (χ0n) is 18.6. The topological polar surface area (TPSA) is 85.1 Å². The molecule has 0 aliphatic heterocycles. The number of carboxylic acid groups (broad SMARTS) is 1. The highest BCUT2D eigenvalue weighted by Crippen LogP contribution is 2.29. The number of carboxylic acids is 1. The molecule has 3 aromatic carbocycles. The van der Waals surface area contributed by atoms with Gasteiger partial charge < -0.3 is 5.11 Å². The molecule has 1 unspecified atom stereocenters. The van der Waals surface area contributed by atoms with Crippen LogP contribution in [0.1, 0.15) is 24.5 Å². The van der Waals surface area contributed by atoms with Crippen molar-refractivity contribution >= 4 is 28.6 Å². The van der Waals surface area contributed by atoms with E-state index in [-0.39, 0.29) is 18.5 Å². The molecule has 0 aliphatic carbocycles. The first kappa shape index (κ1) is 22.7. The predicted molar refractivity (Wildman–Crippen MR) is 132 cm³/mol. The lowest BCUT2D eigenvalue weighted by atomic mass is 10.0. The largest absolute Gasteiger partial charge is 0.480 e. The van der Waals surface area contributed by atoms with Crippen LogP contribution in [0.5, 0.6) is 0 Å². The Bertz CT molecular complexity index is 1330. The van der Waals surface area contributed by atoms with E-state index in [2.05, 4.69) is 41.5 Å². The molecule has 33 heavy (non-hydrogen) atoms. The second kappa shape index (κ2) is 10.0. The van der Waals surface area contributed by atoms with Crippen molar-refractivity contribution in [3.05, 3.63) is 88.2 Å². The third kappa shape index (κ3) is 5.31. The normalized spacial score (nSPS) is 12.1. The molecule has 4 aromatic rings. The van der Waals surface area contributed by atoms with Crippen molar-refractivity contribution in [1.29, 1.82) is 0 Å². The summed E-state index contributed by atoms with van der Waals surface area (Å²) in [6, 6.07) is 21.8. The molecule has 7 heteroatoms. The first-order chi connectivity index (χ1) is 15.9. The molecule has 0 saturated heterocycles. The molecule has 0 aliphatic rings. The van der Waals surface area contributed by atoms with Crippen LogP contribution < -0.4 is 5.56 Å². The van der Waals surface area contributed by atoms with Crippen molar-refractivity contribution in [2.45, 2.75) is 43.4 Å². The number of hydrogen-bond donors (Lipinski definition) is 1. The number of hydrogen-bond acceptors (Lipinski definition) is 5. The highest BCUT2D eigenvalue weighted by atomic mass is 32.2. The van der Waals surface area contributed by atoms with Gasteiger partial charge in [-0.2, -0.15) is 0 Å². The van der Waals surface area contributed by atoms with Crippen LogP contribution in [0.2, 0.25) is 0 Å². The molecule has 0 spiro atoms. The van der Waals surface area contributed by atoms with Crippen LogP contribution in [0.15, 0.2) is 76.4 Å². The molecule has 1 heterocycles. The molecule has 1 atom stereocenters. The van der Waals surface area contributed by atoms with Gasteiger partial charge in [0.15, 0.2) is 0 Å². The first-order valence-electron chi connectivity index (χ1n) is 10.9. The molecule has 0 amide bonds. The number of thioether (sulfide) groups is 1. The Balaban J connectivity index is 1.46. The summed E-state index contributed by atoms with van der Waals surface area (Å²) >= 11 is 1.27. The van der Waals surface area contributed by atoms with E-state index in [9.17, 15) is 14.7 Å². The lowest BCUT2D eigenvalue weighted by Crippen LogP contribution is -2.27. The van der Waals surface area contributed by atoms with Crippen molar-refractivity contribution in [3.63, 3.8) is 0 Å². The first-order valence-corrected chi connectivity index (χ1v) is 11.8. The van der Waals surface area contributed by atoms with Gasteiger partial charge in [-0.3, -0.25) is 9.59 Å². The van der Waals surface area contributed by atoms with E-state index in [0.29, 0.717) is 10.9 Å². The van der Waals surface area contributed by atoms with Crippen LogP contribution >= 0.6 is 11.8 Å². The van der Waals surface area contributed by atoms with Crippen molar-refractivity contribution < 1.29 is 9.90 Å². The van der Waals surface area contributed by atoms with Gasteiger partial charge in [-0.1, -0.05) is 60.2 Å². The van der Waals surface area contributed by atoms with E-state index >= 15 is 0 Å². The molecule has 168 valence electrons. The SMILES string of the molecule is CCc1ccc(-c2ccc(SC(CCn3nnc4ccc(C)cc4c3=O)C(=O)O)cc2)cc1. The number of aryl methyl sites for hydroxylation is 3. The minimum Gasteiger partial charge on any atom is -0.480 e. The van der Waals surface area contributed by atoms with Gasteiger partial charge >= 0.3 is 5.97 Å². The Morgan fingerprint density at radius 2 is 1.70 bits per heavy atom. The summed E-state index contributed by atoms with van der Waals surface area (Å²) in [5, 5.41) is 17.6. The van der Waals surface area contributed by atoms with E-state index in [0.717, 1.165) is 28.0 Å². The number of nitrogens with zero attached hydrogens (tertiary/aromatic N) is 3. The predicted octanol–water partition coefficient (Wildman–Crippen LogP) is 4.96. The molecule has 0 saturated carbocycles. The summed E-state index contributed by atoms with van der Waals surface area (Å²) in [7, 11) is 0. The van der Waals surface area contributed by atoms with Gasteiger partial charge in [0.1, 0.15) is 10.8 Å². The lowest BCUT2D eigenvalue weighted by Gasteiger charge is -2.13. The van der Waals surface area contributed by atoms with Gasteiger partial charge in [0.25, 0.3) is 5.56 Å². The standard InChI is InChI=1S/C26H25N3O3S/c1-3-18-5-7-19(8-6-18)20-9-11-21(12-10-20)33-24(26(31)32)14-15-29-25(30)22-16-17(2)4-13-23(22)27-28-29/h4-13,16,24H,3,14-15H2,1-2H3,(H,31,32). The summed E-state index contributed by atoms with van der Waals surface area (Å²) < 4.78 is 1.25. The second-order valence-electron chi connectivity index (χ2n) is 7.95. The molecule has 1 N–H and O–H groups in total. The van der Waals surface area contributed by atoms with E-state index < -0.39 is 11.2 Å². The number of fused-ring (bicyclic) bond motifs is 1. The summed E-state index contributed by atoms with van der Waals surface area (Å²) in [6.07, 6.45) is 1.26. The monoisotopic (exact) mass is 459 g/mol. The zero-order valence-corrected chi connectivity index (χ0v) is 19.4. The van der Waals surface area contributed by atoms with Crippen LogP contribution in [0.4, 0.5) is 0 Å². The maximum absolute atomic E-state index is 12.7. The Morgan fingerprint density at radius 3 is 2.33 bits per heavy atom. The maximum Gasteiger partial charge on any atom is 0.317 e. The van der Waals surface area contributed by atoms with Crippen molar-refractivity contribution in [2.75, 3.05) is 0 Å². The maximum atomic E-state index is 12.7. The van der Waals surface area contributed by atoms with E-state index in [1.165, 1.54) is 22.0 Å². The van der Waals surface area contributed by atoms with Gasteiger partial charge in [-0.15, -0.1) is 16.9 Å². The van der Waals surface area contributed by atoms with E-state index in [4.69, 9.17) is 0 Å². The van der Waals surface area contributed by atoms with Crippen molar-refractivity contribution in [1.82, 2.24) is 15.0 Å². The minimum absolute atomic E-state index is 0.182. The van der Waals surface area contributed by atoms with Gasteiger partial charge in [0.05, 0.1) is 5.39 Å². The smallest absolute Gasteiger partial charge is 0.317 e. The Kier molecular flexibility index (Phi) is 6.89. The summed E-state index contributed by atoms with van der Waals surface area (Å²) in [5.74, 6) is -0.920. The molecule has 0 radical (unpaired) electrons. The second-order valence-corrected chi connectivity index (χ2v) is 9.22. The van der Waals surface area contributed by atoms with Gasteiger partial charge in [0, 0.05) is 11.4 Å². The average Bonchev–Trinajstić information content (AvgIpc) is 2.83. The van der Waals surface area contributed by atoms with Crippen LogP contribution in [-0.4, -0.2) is 31.3 Å². The van der Waals surface area contributed by atoms with Crippen molar-refractivity contribution in [2.24, 2.45) is 0 Å². The highest BCUT2D eigenvalue weighted by Gasteiger charge is 2.20. The van der Waals surface area contributed by atoms with Crippen LogP contribution in [0.25, 0.3) is 22.0 Å². The highest BCUT2D eigenvalue weighted by molar-refractivity contribution is 8.00. The van der Waals surface area contributed by atoms with E-state index in [1.54, 1.807) is 12.1 Å². The molecule has 1 aromatic heterocycles. The number of aromatic nitrogens is 3. The van der Waals surface area contributed by atoms with E-state index in [1.807, 2.05) is 37.3 Å². The minimum atomic E-state index is -0.920. The molecule has 0 bridgehead atoms. The van der Waals surface area contributed by atoms with Crippen LogP contribution in [-0.2, 0) is 17.8 Å². The number of benzene rings is 3. The summed E-state index contributed by atoms with van der Waals surface area (Å²) in [6.45, 7) is 4.22. The molecular weight excluding hydrogens is 434 g/mol. The summed E-state index contributed by atoms with van der Waals surface area (Å²) in [5.41, 5.74) is 4.75.